The summed E-state index contributed by atoms with van der Waals surface area (Å²) >= 11 is 5.69. The maximum Gasteiger partial charge on any atom is 0.246 e. The van der Waals surface area contributed by atoms with Crippen LogP contribution in [0.3, 0.4) is 0 Å². The SMILES string of the molecule is N#CCS(=O)(=O)Nc1ccc(N)c(Cl)c1. The van der Waals surface area contributed by atoms with Gasteiger partial charge >= 0.3 is 0 Å². The summed E-state index contributed by atoms with van der Waals surface area (Å²) in [5.41, 5.74) is 6.09. The molecule has 1 aromatic rings. The van der Waals surface area contributed by atoms with Crippen LogP contribution in [0, 0.1) is 11.3 Å². The van der Waals surface area contributed by atoms with E-state index in [0.29, 0.717) is 5.69 Å². The molecule has 15 heavy (non-hydrogen) atoms. The highest BCUT2D eigenvalue weighted by atomic mass is 35.5. The number of nitrogens with two attached hydrogens (primary N) is 1. The predicted molar refractivity (Wildman–Crippen MR) is 58.9 cm³/mol. The molecule has 5 nitrogen and oxygen atoms in total. The molecular formula is C8H8ClN3O2S. The minimum absolute atomic E-state index is 0.257. The van der Waals surface area contributed by atoms with Gasteiger partial charge in [0.1, 0.15) is 0 Å². The molecule has 0 spiro atoms. The van der Waals surface area contributed by atoms with Crippen molar-refractivity contribution in [1.29, 1.82) is 5.26 Å². The molecule has 0 heterocycles. The van der Waals surface area contributed by atoms with Crippen LogP contribution in [0.1, 0.15) is 0 Å². The first-order chi connectivity index (χ1) is 6.94. The highest BCUT2D eigenvalue weighted by Gasteiger charge is 2.09. The molecule has 1 aromatic carbocycles. The van der Waals surface area contributed by atoms with Crippen molar-refractivity contribution in [3.63, 3.8) is 0 Å². The lowest BCUT2D eigenvalue weighted by Gasteiger charge is -2.06. The van der Waals surface area contributed by atoms with E-state index in [0.717, 1.165) is 0 Å². The summed E-state index contributed by atoms with van der Waals surface area (Å²) in [7, 11) is -3.62. The van der Waals surface area contributed by atoms with E-state index in [-0.39, 0.29) is 10.7 Å². The van der Waals surface area contributed by atoms with Gasteiger partial charge in [-0.2, -0.15) is 5.26 Å². The molecule has 3 N–H and O–H groups in total. The Balaban J connectivity index is 2.92. The zero-order valence-electron chi connectivity index (χ0n) is 7.57. The molecule has 0 atom stereocenters. The largest absolute Gasteiger partial charge is 0.398 e. The van der Waals surface area contributed by atoms with Gasteiger partial charge < -0.3 is 5.73 Å². The Labute approximate surface area is 92.5 Å². The van der Waals surface area contributed by atoms with Crippen molar-refractivity contribution in [1.82, 2.24) is 0 Å². The minimum atomic E-state index is -3.62. The summed E-state index contributed by atoms with van der Waals surface area (Å²) in [5.74, 6) is -0.602. The minimum Gasteiger partial charge on any atom is -0.398 e. The lowest BCUT2D eigenvalue weighted by molar-refractivity contribution is 0.604. The van der Waals surface area contributed by atoms with E-state index < -0.39 is 15.8 Å². The molecule has 1 rings (SSSR count). The number of hydrogen-bond acceptors (Lipinski definition) is 4. The van der Waals surface area contributed by atoms with Gasteiger partial charge in [0.25, 0.3) is 0 Å². The summed E-state index contributed by atoms with van der Waals surface area (Å²) in [5, 5.41) is 8.52. The molecule has 0 aromatic heterocycles. The predicted octanol–water partition coefficient (Wildman–Crippen LogP) is 1.19. The average Bonchev–Trinajstić information content (AvgIpc) is 2.10. The zero-order chi connectivity index (χ0) is 11.5. The maximum atomic E-state index is 11.2. The smallest absolute Gasteiger partial charge is 0.246 e. The summed E-state index contributed by atoms with van der Waals surface area (Å²) < 4.78 is 24.6. The van der Waals surface area contributed by atoms with Crippen LogP contribution in [0.5, 0.6) is 0 Å². The van der Waals surface area contributed by atoms with Crippen molar-refractivity contribution in [2.45, 2.75) is 0 Å². The van der Waals surface area contributed by atoms with Crippen molar-refractivity contribution in [2.24, 2.45) is 0 Å². The van der Waals surface area contributed by atoms with Crippen molar-refractivity contribution in [2.75, 3.05) is 16.2 Å². The fourth-order valence-corrected chi connectivity index (χ4v) is 1.80. The molecule has 0 saturated carbocycles. The van der Waals surface area contributed by atoms with Crippen LogP contribution in [0.15, 0.2) is 18.2 Å². The quantitative estimate of drug-likeness (QED) is 0.782. The van der Waals surface area contributed by atoms with Crippen molar-refractivity contribution < 1.29 is 8.42 Å². The van der Waals surface area contributed by atoms with Gasteiger partial charge in [-0.05, 0) is 18.2 Å². The number of nitrogens with one attached hydrogen (secondary N) is 1. The topological polar surface area (TPSA) is 96.0 Å². The second-order valence-electron chi connectivity index (χ2n) is 2.76. The number of hydrogen-bond donors (Lipinski definition) is 2. The third-order valence-electron chi connectivity index (χ3n) is 1.53. The zero-order valence-corrected chi connectivity index (χ0v) is 9.14. The van der Waals surface area contributed by atoms with Crippen LogP contribution >= 0.6 is 11.6 Å². The number of sulfonamides is 1. The maximum absolute atomic E-state index is 11.2. The van der Waals surface area contributed by atoms with Gasteiger partial charge in [0, 0.05) is 0 Å². The van der Waals surface area contributed by atoms with Gasteiger partial charge in [0.2, 0.25) is 10.0 Å². The Morgan fingerprint density at radius 1 is 1.53 bits per heavy atom. The lowest BCUT2D eigenvalue weighted by atomic mass is 10.3. The molecule has 0 unspecified atom stereocenters. The molecule has 0 amide bonds. The summed E-state index contributed by atoms with van der Waals surface area (Å²) in [6.07, 6.45) is 0. The molecule has 0 bridgehead atoms. The molecule has 0 fully saturated rings. The summed E-state index contributed by atoms with van der Waals surface area (Å²) in [6.45, 7) is 0. The van der Waals surface area contributed by atoms with Crippen LogP contribution < -0.4 is 10.5 Å². The third kappa shape index (κ3) is 3.31. The second-order valence-corrected chi connectivity index (χ2v) is 4.89. The van der Waals surface area contributed by atoms with Crippen molar-refractivity contribution in [3.8, 4) is 6.07 Å². The van der Waals surface area contributed by atoms with Gasteiger partial charge in [0.05, 0.1) is 22.5 Å². The monoisotopic (exact) mass is 245 g/mol. The molecule has 0 aliphatic rings. The molecule has 0 saturated heterocycles. The van der Waals surface area contributed by atoms with Crippen molar-refractivity contribution in [3.05, 3.63) is 23.2 Å². The van der Waals surface area contributed by atoms with Gasteiger partial charge in [-0.25, -0.2) is 8.42 Å². The van der Waals surface area contributed by atoms with E-state index in [1.54, 1.807) is 6.07 Å². The fourth-order valence-electron chi connectivity index (χ4n) is 0.891. The summed E-state index contributed by atoms with van der Waals surface area (Å²) in [4.78, 5) is 0. The van der Waals surface area contributed by atoms with E-state index in [4.69, 9.17) is 22.6 Å². The molecule has 0 aliphatic heterocycles. The molecule has 0 aliphatic carbocycles. The standard InChI is InChI=1S/C8H8ClN3O2S/c9-7-5-6(1-2-8(7)11)12-15(13,14)4-3-10/h1-2,5,12H,4,11H2. The molecule has 80 valence electrons. The van der Waals surface area contributed by atoms with E-state index in [2.05, 4.69) is 4.72 Å². The van der Waals surface area contributed by atoms with Crippen LogP contribution in [0.25, 0.3) is 0 Å². The third-order valence-corrected chi connectivity index (χ3v) is 2.91. The summed E-state index contributed by atoms with van der Waals surface area (Å²) in [6, 6.07) is 5.87. The lowest BCUT2D eigenvalue weighted by Crippen LogP contribution is -2.15. The number of nitriles is 1. The van der Waals surface area contributed by atoms with E-state index in [9.17, 15) is 8.42 Å². The average molecular weight is 246 g/mol. The number of rotatable bonds is 3. The van der Waals surface area contributed by atoms with Crippen molar-refractivity contribution >= 4 is 33.0 Å². The van der Waals surface area contributed by atoms with E-state index in [1.165, 1.54) is 18.2 Å². The second kappa shape index (κ2) is 4.38. The van der Waals surface area contributed by atoms with Gasteiger partial charge in [-0.15, -0.1) is 0 Å². The van der Waals surface area contributed by atoms with Gasteiger partial charge in [-0.3, -0.25) is 4.72 Å². The van der Waals surface area contributed by atoms with Gasteiger partial charge in [-0.1, -0.05) is 11.6 Å². The normalized spacial score (nSPS) is 10.7. The Morgan fingerprint density at radius 2 is 2.20 bits per heavy atom. The first kappa shape index (κ1) is 11.6. The molecular weight excluding hydrogens is 238 g/mol. The van der Waals surface area contributed by atoms with Gasteiger partial charge in [0.15, 0.2) is 5.75 Å². The first-order valence-electron chi connectivity index (χ1n) is 3.87. The Bertz CT molecular complexity index is 507. The molecule has 7 heteroatoms. The fraction of sp³-hybridized carbons (Fsp3) is 0.125. The highest BCUT2D eigenvalue weighted by molar-refractivity contribution is 7.92. The van der Waals surface area contributed by atoms with Crippen LogP contribution in [-0.4, -0.2) is 14.2 Å². The number of halogens is 1. The number of nitrogen functional groups attached to an aromatic ring is 1. The van der Waals surface area contributed by atoms with E-state index >= 15 is 0 Å². The van der Waals surface area contributed by atoms with Crippen LogP contribution in [0.2, 0.25) is 5.02 Å². The highest BCUT2D eigenvalue weighted by Crippen LogP contribution is 2.23. The Hall–Kier alpha value is -1.45. The van der Waals surface area contributed by atoms with Crippen LogP contribution in [0.4, 0.5) is 11.4 Å². The Morgan fingerprint density at radius 3 is 2.73 bits per heavy atom. The molecule has 0 radical (unpaired) electrons. The number of benzene rings is 1. The van der Waals surface area contributed by atoms with Crippen LogP contribution in [-0.2, 0) is 10.0 Å². The first-order valence-corrected chi connectivity index (χ1v) is 5.90. The Kier molecular flexibility index (Phi) is 3.39. The number of anilines is 2. The van der Waals surface area contributed by atoms with E-state index in [1.807, 2.05) is 0 Å². The number of nitrogens with zero attached hydrogens (tertiary/aromatic N) is 1.